The molecule has 0 amide bonds. The number of aromatic carboxylic acids is 1. The molecule has 0 aliphatic heterocycles. The highest BCUT2D eigenvalue weighted by Gasteiger charge is 2.12. The van der Waals surface area contributed by atoms with Gasteiger partial charge in [0.15, 0.2) is 0 Å². The van der Waals surface area contributed by atoms with Gasteiger partial charge in [-0.05, 0) is 30.2 Å². The van der Waals surface area contributed by atoms with Crippen LogP contribution in [-0.4, -0.2) is 29.1 Å². The summed E-state index contributed by atoms with van der Waals surface area (Å²) in [7, 11) is 0. The van der Waals surface area contributed by atoms with Crippen LogP contribution in [0.15, 0.2) is 18.2 Å². The zero-order valence-electron chi connectivity index (χ0n) is 11.8. The van der Waals surface area contributed by atoms with Gasteiger partial charge in [0.25, 0.3) is 0 Å². The van der Waals surface area contributed by atoms with Crippen LogP contribution in [0.5, 0.6) is 0 Å². The van der Waals surface area contributed by atoms with Gasteiger partial charge < -0.3 is 5.11 Å². The predicted molar refractivity (Wildman–Crippen MR) is 78.8 cm³/mol. The van der Waals surface area contributed by atoms with Crippen LogP contribution in [0.25, 0.3) is 0 Å². The zero-order chi connectivity index (χ0) is 14.4. The van der Waals surface area contributed by atoms with Crippen LogP contribution in [0.4, 0.5) is 0 Å². The number of rotatable bonds is 7. The second kappa shape index (κ2) is 7.51. The summed E-state index contributed by atoms with van der Waals surface area (Å²) in [5, 5.41) is 9.44. The van der Waals surface area contributed by atoms with Crippen molar-refractivity contribution in [1.82, 2.24) is 4.90 Å². The molecule has 1 N–H and O–H groups in total. The largest absolute Gasteiger partial charge is 0.478 e. The van der Waals surface area contributed by atoms with E-state index in [1.54, 1.807) is 6.07 Å². The van der Waals surface area contributed by atoms with E-state index >= 15 is 0 Å². The highest BCUT2D eigenvalue weighted by molar-refractivity contribution is 6.31. The second-order valence-electron chi connectivity index (χ2n) is 4.95. The lowest BCUT2D eigenvalue weighted by molar-refractivity contribution is 0.0697. The molecule has 0 spiro atoms. The van der Waals surface area contributed by atoms with Gasteiger partial charge in [0.05, 0.1) is 5.56 Å². The SMILES string of the molecule is CCC(C)CN(CC)Cc1ccc(C(=O)O)cc1Cl. The van der Waals surface area contributed by atoms with E-state index in [9.17, 15) is 4.79 Å². The first-order valence-electron chi connectivity index (χ1n) is 6.72. The molecule has 1 rings (SSSR count). The normalized spacial score (nSPS) is 12.7. The first-order valence-corrected chi connectivity index (χ1v) is 7.09. The number of carboxylic acids is 1. The van der Waals surface area contributed by atoms with E-state index in [4.69, 9.17) is 16.7 Å². The third-order valence-electron chi connectivity index (χ3n) is 3.41. The minimum Gasteiger partial charge on any atom is -0.478 e. The fraction of sp³-hybridized carbons (Fsp3) is 0.533. The van der Waals surface area contributed by atoms with E-state index in [2.05, 4.69) is 25.7 Å². The molecular formula is C15H22ClNO2. The third-order valence-corrected chi connectivity index (χ3v) is 3.76. The van der Waals surface area contributed by atoms with E-state index in [-0.39, 0.29) is 5.56 Å². The number of benzene rings is 1. The molecule has 0 radical (unpaired) electrons. The molecule has 3 nitrogen and oxygen atoms in total. The molecule has 4 heteroatoms. The summed E-state index contributed by atoms with van der Waals surface area (Å²) in [6, 6.07) is 4.95. The number of halogens is 1. The van der Waals surface area contributed by atoms with Gasteiger partial charge in [0, 0.05) is 18.1 Å². The van der Waals surface area contributed by atoms with E-state index in [1.807, 2.05) is 6.07 Å². The molecule has 0 aliphatic carbocycles. The fourth-order valence-corrected chi connectivity index (χ4v) is 2.17. The van der Waals surface area contributed by atoms with Crippen molar-refractivity contribution in [2.75, 3.05) is 13.1 Å². The Hall–Kier alpha value is -1.06. The molecule has 1 aromatic rings. The molecule has 19 heavy (non-hydrogen) atoms. The van der Waals surface area contributed by atoms with Crippen LogP contribution >= 0.6 is 11.6 Å². The number of hydrogen-bond donors (Lipinski definition) is 1. The first-order chi connectivity index (χ1) is 8.97. The topological polar surface area (TPSA) is 40.5 Å². The maximum atomic E-state index is 10.9. The van der Waals surface area contributed by atoms with Gasteiger partial charge in [-0.15, -0.1) is 0 Å². The molecule has 0 aromatic heterocycles. The minimum absolute atomic E-state index is 0.235. The molecule has 0 heterocycles. The maximum absolute atomic E-state index is 10.9. The Bertz CT molecular complexity index is 434. The molecular weight excluding hydrogens is 262 g/mol. The number of hydrogen-bond acceptors (Lipinski definition) is 2. The molecule has 0 saturated heterocycles. The lowest BCUT2D eigenvalue weighted by atomic mass is 10.1. The molecule has 106 valence electrons. The van der Waals surface area contributed by atoms with Crippen molar-refractivity contribution in [2.24, 2.45) is 5.92 Å². The van der Waals surface area contributed by atoms with Crippen LogP contribution in [0, 0.1) is 5.92 Å². The van der Waals surface area contributed by atoms with Crippen molar-refractivity contribution >= 4 is 17.6 Å². The molecule has 0 aliphatic rings. The Balaban J connectivity index is 2.77. The van der Waals surface area contributed by atoms with E-state index in [0.29, 0.717) is 10.9 Å². The number of nitrogens with zero attached hydrogens (tertiary/aromatic N) is 1. The van der Waals surface area contributed by atoms with Gasteiger partial charge in [0.2, 0.25) is 0 Å². The molecule has 0 fully saturated rings. The average molecular weight is 284 g/mol. The van der Waals surface area contributed by atoms with Gasteiger partial charge in [-0.25, -0.2) is 4.79 Å². The van der Waals surface area contributed by atoms with Crippen molar-refractivity contribution in [1.29, 1.82) is 0 Å². The lowest BCUT2D eigenvalue weighted by Gasteiger charge is -2.24. The molecule has 0 bridgehead atoms. The van der Waals surface area contributed by atoms with Crippen LogP contribution in [-0.2, 0) is 6.54 Å². The Morgan fingerprint density at radius 2 is 2.11 bits per heavy atom. The molecule has 1 atom stereocenters. The summed E-state index contributed by atoms with van der Waals surface area (Å²) >= 11 is 6.15. The number of carboxylic acid groups (broad SMARTS) is 1. The lowest BCUT2D eigenvalue weighted by Crippen LogP contribution is -2.28. The minimum atomic E-state index is -0.944. The second-order valence-corrected chi connectivity index (χ2v) is 5.36. The van der Waals surface area contributed by atoms with Gasteiger partial charge in [0.1, 0.15) is 0 Å². The van der Waals surface area contributed by atoms with Crippen LogP contribution in [0.2, 0.25) is 5.02 Å². The van der Waals surface area contributed by atoms with Gasteiger partial charge in [-0.1, -0.05) is 44.9 Å². The Labute approximate surface area is 120 Å². The van der Waals surface area contributed by atoms with Crippen molar-refractivity contribution in [3.8, 4) is 0 Å². The smallest absolute Gasteiger partial charge is 0.335 e. The van der Waals surface area contributed by atoms with E-state index in [0.717, 1.165) is 31.6 Å². The summed E-state index contributed by atoms with van der Waals surface area (Å²) in [5.74, 6) is -0.294. The third kappa shape index (κ3) is 4.84. The maximum Gasteiger partial charge on any atom is 0.335 e. The zero-order valence-corrected chi connectivity index (χ0v) is 12.6. The van der Waals surface area contributed by atoms with Crippen molar-refractivity contribution < 1.29 is 9.90 Å². The van der Waals surface area contributed by atoms with Crippen molar-refractivity contribution in [2.45, 2.75) is 33.7 Å². The highest BCUT2D eigenvalue weighted by Crippen LogP contribution is 2.20. The monoisotopic (exact) mass is 283 g/mol. The summed E-state index contributed by atoms with van der Waals surface area (Å²) < 4.78 is 0. The average Bonchev–Trinajstić information content (AvgIpc) is 2.39. The van der Waals surface area contributed by atoms with Crippen molar-refractivity contribution in [3.05, 3.63) is 34.3 Å². The summed E-state index contributed by atoms with van der Waals surface area (Å²) in [4.78, 5) is 13.2. The molecule has 0 saturated carbocycles. The summed E-state index contributed by atoms with van der Waals surface area (Å²) in [6.45, 7) is 9.30. The summed E-state index contributed by atoms with van der Waals surface area (Å²) in [6.07, 6.45) is 1.15. The Kier molecular flexibility index (Phi) is 6.32. The quantitative estimate of drug-likeness (QED) is 0.825. The fourth-order valence-electron chi connectivity index (χ4n) is 1.92. The highest BCUT2D eigenvalue weighted by atomic mass is 35.5. The van der Waals surface area contributed by atoms with Gasteiger partial charge in [-0.2, -0.15) is 0 Å². The first kappa shape index (κ1) is 16.0. The van der Waals surface area contributed by atoms with Crippen LogP contribution in [0.1, 0.15) is 43.1 Å². The van der Waals surface area contributed by atoms with E-state index in [1.165, 1.54) is 6.07 Å². The predicted octanol–water partition coefficient (Wildman–Crippen LogP) is 3.91. The van der Waals surface area contributed by atoms with Gasteiger partial charge >= 0.3 is 5.97 Å². The Morgan fingerprint density at radius 3 is 2.58 bits per heavy atom. The Morgan fingerprint density at radius 1 is 1.42 bits per heavy atom. The molecule has 1 aromatic carbocycles. The summed E-state index contributed by atoms with van der Waals surface area (Å²) in [5.41, 5.74) is 1.22. The standard InChI is InChI=1S/C15H22ClNO2/c1-4-11(3)9-17(5-2)10-13-7-6-12(15(18)19)8-14(13)16/h6-8,11H,4-5,9-10H2,1-3H3,(H,18,19). The van der Waals surface area contributed by atoms with Crippen LogP contribution < -0.4 is 0 Å². The number of carbonyl (C=O) groups is 1. The van der Waals surface area contributed by atoms with Crippen LogP contribution in [0.3, 0.4) is 0 Å². The van der Waals surface area contributed by atoms with Crippen molar-refractivity contribution in [3.63, 3.8) is 0 Å². The van der Waals surface area contributed by atoms with Gasteiger partial charge in [-0.3, -0.25) is 4.90 Å². The van der Waals surface area contributed by atoms with E-state index < -0.39 is 5.97 Å². The molecule has 1 unspecified atom stereocenters.